The molecule has 0 unspecified atom stereocenters. The second kappa shape index (κ2) is 6.69. The topological polar surface area (TPSA) is 80.4 Å². The van der Waals surface area contributed by atoms with Crippen molar-refractivity contribution >= 4 is 5.82 Å². The summed E-state index contributed by atoms with van der Waals surface area (Å²) in [6, 6.07) is 1.89. The number of anilines is 1. The molecular weight excluding hydrogens is 284 g/mol. The predicted molar refractivity (Wildman–Crippen MR) is 79.7 cm³/mol. The third-order valence-electron chi connectivity index (χ3n) is 3.54. The number of piperazine rings is 1. The highest BCUT2D eigenvalue weighted by Gasteiger charge is 2.20. The molecule has 1 aliphatic rings. The van der Waals surface area contributed by atoms with E-state index in [1.165, 1.54) is 0 Å². The quantitative estimate of drug-likeness (QED) is 0.805. The van der Waals surface area contributed by atoms with E-state index in [2.05, 4.69) is 29.9 Å². The van der Waals surface area contributed by atoms with Crippen molar-refractivity contribution in [2.75, 3.05) is 37.7 Å². The van der Waals surface area contributed by atoms with Gasteiger partial charge in [0.05, 0.1) is 13.2 Å². The lowest BCUT2D eigenvalue weighted by Gasteiger charge is -2.34. The molecule has 8 heteroatoms. The van der Waals surface area contributed by atoms with Crippen molar-refractivity contribution in [2.24, 2.45) is 0 Å². The van der Waals surface area contributed by atoms with Crippen LogP contribution in [0.4, 0.5) is 5.82 Å². The van der Waals surface area contributed by atoms with Gasteiger partial charge in [0.2, 0.25) is 11.8 Å². The molecule has 0 aromatic carbocycles. The summed E-state index contributed by atoms with van der Waals surface area (Å²) < 4.78 is 10.6. The van der Waals surface area contributed by atoms with Crippen molar-refractivity contribution in [3.05, 3.63) is 24.1 Å². The Morgan fingerprint density at radius 1 is 1.23 bits per heavy atom. The molecule has 1 aliphatic heterocycles. The third-order valence-corrected chi connectivity index (χ3v) is 3.54. The monoisotopic (exact) mass is 304 g/mol. The van der Waals surface area contributed by atoms with Gasteiger partial charge in [0.1, 0.15) is 12.1 Å². The summed E-state index contributed by atoms with van der Waals surface area (Å²) in [5.41, 5.74) is 0. The van der Waals surface area contributed by atoms with Crippen LogP contribution in [0.2, 0.25) is 0 Å². The molecule has 22 heavy (non-hydrogen) atoms. The van der Waals surface area contributed by atoms with Crippen molar-refractivity contribution in [1.82, 2.24) is 25.0 Å². The van der Waals surface area contributed by atoms with Crippen molar-refractivity contribution in [1.29, 1.82) is 0 Å². The second-order valence-corrected chi connectivity index (χ2v) is 5.15. The molecule has 0 spiro atoms. The Bertz CT molecular complexity index is 609. The van der Waals surface area contributed by atoms with Gasteiger partial charge < -0.3 is 14.2 Å². The van der Waals surface area contributed by atoms with Gasteiger partial charge in [0.15, 0.2) is 5.82 Å². The summed E-state index contributed by atoms with van der Waals surface area (Å²) in [6.45, 7) is 8.72. The van der Waals surface area contributed by atoms with Gasteiger partial charge >= 0.3 is 0 Å². The van der Waals surface area contributed by atoms with Crippen LogP contribution in [0, 0.1) is 6.92 Å². The Morgan fingerprint density at radius 3 is 2.73 bits per heavy atom. The fourth-order valence-electron chi connectivity index (χ4n) is 2.46. The minimum absolute atomic E-state index is 0.605. The number of rotatable bonds is 5. The number of nitrogens with zero attached hydrogens (tertiary/aromatic N) is 6. The first-order chi connectivity index (χ1) is 10.7. The Balaban J connectivity index is 1.56. The average Bonchev–Trinajstić information content (AvgIpc) is 2.94. The Kier molecular flexibility index (Phi) is 4.47. The summed E-state index contributed by atoms with van der Waals surface area (Å²) in [5.74, 6) is 2.88. The zero-order chi connectivity index (χ0) is 15.4. The van der Waals surface area contributed by atoms with E-state index in [0.29, 0.717) is 30.7 Å². The molecule has 0 amide bonds. The Morgan fingerprint density at radius 2 is 2.05 bits per heavy atom. The van der Waals surface area contributed by atoms with Crippen LogP contribution in [0.25, 0.3) is 0 Å². The third kappa shape index (κ3) is 3.51. The largest absolute Gasteiger partial charge is 0.478 e. The maximum Gasteiger partial charge on any atom is 0.240 e. The second-order valence-electron chi connectivity index (χ2n) is 5.15. The number of hydrogen-bond donors (Lipinski definition) is 0. The summed E-state index contributed by atoms with van der Waals surface area (Å²) in [5, 5.41) is 3.82. The van der Waals surface area contributed by atoms with Crippen molar-refractivity contribution < 1.29 is 9.26 Å². The Labute approximate surface area is 129 Å². The van der Waals surface area contributed by atoms with Gasteiger partial charge in [0.25, 0.3) is 0 Å². The van der Waals surface area contributed by atoms with Gasteiger partial charge in [-0.3, -0.25) is 4.90 Å². The van der Waals surface area contributed by atoms with Crippen molar-refractivity contribution in [3.63, 3.8) is 0 Å². The molecule has 1 fully saturated rings. The van der Waals surface area contributed by atoms with E-state index >= 15 is 0 Å². The summed E-state index contributed by atoms with van der Waals surface area (Å²) in [7, 11) is 0. The molecule has 0 aliphatic carbocycles. The Hall–Kier alpha value is -2.22. The summed E-state index contributed by atoms with van der Waals surface area (Å²) in [6.07, 6.45) is 1.55. The van der Waals surface area contributed by atoms with E-state index < -0.39 is 0 Å². The minimum Gasteiger partial charge on any atom is -0.478 e. The van der Waals surface area contributed by atoms with Crippen LogP contribution < -0.4 is 9.64 Å². The molecule has 8 nitrogen and oxygen atoms in total. The van der Waals surface area contributed by atoms with E-state index in [4.69, 9.17) is 9.26 Å². The smallest absolute Gasteiger partial charge is 0.240 e. The van der Waals surface area contributed by atoms with E-state index in [1.807, 2.05) is 19.9 Å². The van der Waals surface area contributed by atoms with Crippen LogP contribution in [0.15, 0.2) is 16.9 Å². The van der Waals surface area contributed by atoms with Gasteiger partial charge in [-0.15, -0.1) is 0 Å². The number of aryl methyl sites for hydroxylation is 1. The lowest BCUT2D eigenvalue weighted by atomic mass is 10.3. The molecule has 1 saturated heterocycles. The van der Waals surface area contributed by atoms with Gasteiger partial charge in [-0.25, -0.2) is 9.97 Å². The molecule has 118 valence electrons. The van der Waals surface area contributed by atoms with Crippen molar-refractivity contribution in [2.45, 2.75) is 20.4 Å². The zero-order valence-corrected chi connectivity index (χ0v) is 12.9. The van der Waals surface area contributed by atoms with E-state index in [0.717, 1.165) is 32.0 Å². The first kappa shape index (κ1) is 14.7. The highest BCUT2D eigenvalue weighted by Crippen LogP contribution is 2.18. The normalized spacial score (nSPS) is 16.0. The maximum absolute atomic E-state index is 5.42. The van der Waals surface area contributed by atoms with Gasteiger partial charge in [-0.05, 0) is 13.8 Å². The standard InChI is InChI=1S/C14H20N6O2/c1-3-21-13-8-12(15-10-16-13)20-6-4-19(5-7-20)9-14-17-11(2)18-22-14/h8,10H,3-7,9H2,1-2H3. The maximum atomic E-state index is 5.42. The highest BCUT2D eigenvalue weighted by molar-refractivity contribution is 5.41. The fraction of sp³-hybridized carbons (Fsp3) is 0.571. The minimum atomic E-state index is 0.605. The van der Waals surface area contributed by atoms with Crippen LogP contribution in [0.3, 0.4) is 0 Å². The van der Waals surface area contributed by atoms with Crippen LogP contribution in [-0.4, -0.2) is 57.8 Å². The lowest BCUT2D eigenvalue weighted by molar-refractivity contribution is 0.215. The highest BCUT2D eigenvalue weighted by atomic mass is 16.5. The molecule has 3 rings (SSSR count). The number of aromatic nitrogens is 4. The van der Waals surface area contributed by atoms with Gasteiger partial charge in [0, 0.05) is 32.2 Å². The molecular formula is C14H20N6O2. The van der Waals surface area contributed by atoms with Crippen LogP contribution in [-0.2, 0) is 6.54 Å². The zero-order valence-electron chi connectivity index (χ0n) is 12.9. The van der Waals surface area contributed by atoms with E-state index in [9.17, 15) is 0 Å². The number of ether oxygens (including phenoxy) is 1. The molecule has 0 atom stereocenters. The SMILES string of the molecule is CCOc1cc(N2CCN(Cc3nc(C)no3)CC2)ncn1. The van der Waals surface area contributed by atoms with Gasteiger partial charge in [-0.1, -0.05) is 5.16 Å². The molecule has 0 radical (unpaired) electrons. The van der Waals surface area contributed by atoms with E-state index in [-0.39, 0.29) is 0 Å². The van der Waals surface area contributed by atoms with Crippen LogP contribution in [0.1, 0.15) is 18.6 Å². The molecule has 2 aromatic heterocycles. The summed E-state index contributed by atoms with van der Waals surface area (Å²) in [4.78, 5) is 17.2. The first-order valence-electron chi connectivity index (χ1n) is 7.46. The first-order valence-corrected chi connectivity index (χ1v) is 7.46. The molecule has 3 heterocycles. The lowest BCUT2D eigenvalue weighted by Crippen LogP contribution is -2.46. The van der Waals surface area contributed by atoms with E-state index in [1.54, 1.807) is 6.33 Å². The predicted octanol–water partition coefficient (Wildman–Crippen LogP) is 0.889. The van der Waals surface area contributed by atoms with Gasteiger partial charge in [-0.2, -0.15) is 4.98 Å². The number of hydrogen-bond acceptors (Lipinski definition) is 8. The summed E-state index contributed by atoms with van der Waals surface area (Å²) >= 11 is 0. The van der Waals surface area contributed by atoms with Crippen LogP contribution >= 0.6 is 0 Å². The van der Waals surface area contributed by atoms with Crippen LogP contribution in [0.5, 0.6) is 5.88 Å². The average molecular weight is 304 g/mol. The van der Waals surface area contributed by atoms with Crippen molar-refractivity contribution in [3.8, 4) is 5.88 Å². The fourth-order valence-corrected chi connectivity index (χ4v) is 2.46. The molecule has 0 saturated carbocycles. The molecule has 0 bridgehead atoms. The molecule has 0 N–H and O–H groups in total. The molecule has 2 aromatic rings.